The Morgan fingerprint density at radius 3 is 3.00 bits per heavy atom. The Labute approximate surface area is 93.4 Å². The van der Waals surface area contributed by atoms with Gasteiger partial charge in [0.25, 0.3) is 0 Å². The van der Waals surface area contributed by atoms with Crippen LogP contribution in [0.25, 0.3) is 0 Å². The highest BCUT2D eigenvalue weighted by atomic mass is 32.1. The van der Waals surface area contributed by atoms with E-state index >= 15 is 0 Å². The van der Waals surface area contributed by atoms with Crippen molar-refractivity contribution < 1.29 is 4.79 Å². The normalized spacial score (nSPS) is 10.6. The van der Waals surface area contributed by atoms with Gasteiger partial charge in [-0.15, -0.1) is 5.10 Å². The Balaban J connectivity index is 2.04. The molecule has 0 unspecified atom stereocenters. The molecule has 0 aliphatic carbocycles. The van der Waals surface area contributed by atoms with E-state index in [0.29, 0.717) is 19.5 Å². The Morgan fingerprint density at radius 2 is 2.40 bits per heavy atom. The van der Waals surface area contributed by atoms with Gasteiger partial charge in [0.1, 0.15) is 0 Å². The van der Waals surface area contributed by atoms with Crippen LogP contribution in [0.1, 0.15) is 26.0 Å². The highest BCUT2D eigenvalue weighted by molar-refractivity contribution is 7.03. The van der Waals surface area contributed by atoms with Crippen LogP contribution < -0.4 is 10.6 Å². The summed E-state index contributed by atoms with van der Waals surface area (Å²) < 4.78 is 3.75. The van der Waals surface area contributed by atoms with Gasteiger partial charge in [-0.05, 0) is 25.4 Å². The lowest BCUT2D eigenvalue weighted by Gasteiger charge is -2.08. The van der Waals surface area contributed by atoms with E-state index in [-0.39, 0.29) is 11.9 Å². The minimum absolute atomic E-state index is 0.0777. The molecule has 2 N–H and O–H groups in total. The standard InChI is InChI=1S/C9H16N4OS/c1-7(2)11-9(14)3-4-10-5-8-6-15-13-12-8/h6-7,10H,3-5H2,1-2H3,(H,11,14). The summed E-state index contributed by atoms with van der Waals surface area (Å²) >= 11 is 1.33. The van der Waals surface area contributed by atoms with E-state index in [2.05, 4.69) is 20.2 Å². The fraction of sp³-hybridized carbons (Fsp3) is 0.667. The lowest BCUT2D eigenvalue weighted by atomic mass is 10.3. The molecule has 15 heavy (non-hydrogen) atoms. The average Bonchev–Trinajstić information content (AvgIpc) is 2.63. The summed E-state index contributed by atoms with van der Waals surface area (Å²) in [6, 6.07) is 0.209. The maximum absolute atomic E-state index is 11.2. The molecule has 1 heterocycles. The largest absolute Gasteiger partial charge is 0.354 e. The van der Waals surface area contributed by atoms with Crippen LogP contribution in [0.3, 0.4) is 0 Å². The topological polar surface area (TPSA) is 66.9 Å². The predicted molar refractivity (Wildman–Crippen MR) is 59.5 cm³/mol. The first-order chi connectivity index (χ1) is 7.18. The number of rotatable bonds is 6. The molecule has 1 aromatic heterocycles. The zero-order chi connectivity index (χ0) is 11.1. The molecule has 5 nitrogen and oxygen atoms in total. The van der Waals surface area contributed by atoms with Crippen molar-refractivity contribution in [3.8, 4) is 0 Å². The molecule has 0 radical (unpaired) electrons. The Kier molecular flexibility index (Phi) is 5.20. The molecule has 0 fully saturated rings. The highest BCUT2D eigenvalue weighted by Crippen LogP contribution is 1.95. The van der Waals surface area contributed by atoms with E-state index in [1.54, 1.807) is 0 Å². The second-order valence-electron chi connectivity index (χ2n) is 3.55. The van der Waals surface area contributed by atoms with Gasteiger partial charge in [0.05, 0.1) is 5.69 Å². The van der Waals surface area contributed by atoms with Crippen LogP contribution in [0.5, 0.6) is 0 Å². The number of aromatic nitrogens is 2. The SMILES string of the molecule is CC(C)NC(=O)CCNCc1csnn1. The Morgan fingerprint density at radius 1 is 1.60 bits per heavy atom. The number of nitrogens with one attached hydrogen (secondary N) is 2. The summed E-state index contributed by atoms with van der Waals surface area (Å²) in [5, 5.41) is 11.7. The third-order valence-electron chi connectivity index (χ3n) is 1.69. The zero-order valence-corrected chi connectivity index (χ0v) is 9.80. The number of carbonyl (C=O) groups excluding carboxylic acids is 1. The first-order valence-electron chi connectivity index (χ1n) is 4.94. The molecular weight excluding hydrogens is 212 g/mol. The molecule has 84 valence electrons. The van der Waals surface area contributed by atoms with Gasteiger partial charge in [-0.2, -0.15) is 0 Å². The summed E-state index contributed by atoms with van der Waals surface area (Å²) in [6.07, 6.45) is 0.496. The second-order valence-corrected chi connectivity index (χ2v) is 4.16. The van der Waals surface area contributed by atoms with Crippen molar-refractivity contribution in [3.63, 3.8) is 0 Å². The van der Waals surface area contributed by atoms with Crippen LogP contribution in [0.2, 0.25) is 0 Å². The van der Waals surface area contributed by atoms with Crippen LogP contribution >= 0.6 is 11.5 Å². The summed E-state index contributed by atoms with van der Waals surface area (Å²) in [7, 11) is 0. The first kappa shape index (κ1) is 12.1. The Hall–Kier alpha value is -1.01. The molecule has 0 spiro atoms. The fourth-order valence-electron chi connectivity index (χ4n) is 1.07. The number of hydrogen-bond donors (Lipinski definition) is 2. The third kappa shape index (κ3) is 5.44. The molecule has 0 saturated heterocycles. The van der Waals surface area contributed by atoms with Crippen LogP contribution in [0, 0.1) is 0 Å². The average molecular weight is 228 g/mol. The third-order valence-corrected chi connectivity index (χ3v) is 2.24. The fourth-order valence-corrected chi connectivity index (χ4v) is 1.52. The summed E-state index contributed by atoms with van der Waals surface area (Å²) in [6.45, 7) is 5.24. The lowest BCUT2D eigenvalue weighted by Crippen LogP contribution is -2.32. The molecule has 6 heteroatoms. The van der Waals surface area contributed by atoms with Crippen molar-refractivity contribution in [2.24, 2.45) is 0 Å². The van der Waals surface area contributed by atoms with Gasteiger partial charge in [0, 0.05) is 30.9 Å². The first-order valence-corrected chi connectivity index (χ1v) is 5.78. The van der Waals surface area contributed by atoms with Gasteiger partial charge in [-0.3, -0.25) is 4.79 Å². The van der Waals surface area contributed by atoms with Gasteiger partial charge < -0.3 is 10.6 Å². The molecule has 0 bridgehead atoms. The minimum atomic E-state index is 0.0777. The number of nitrogens with zero attached hydrogens (tertiary/aromatic N) is 2. The van der Waals surface area contributed by atoms with Crippen molar-refractivity contribution >= 4 is 17.4 Å². The predicted octanol–water partition coefficient (Wildman–Crippen LogP) is 0.542. The number of hydrogen-bond acceptors (Lipinski definition) is 5. The summed E-state index contributed by atoms with van der Waals surface area (Å²) in [4.78, 5) is 11.2. The molecule has 0 aromatic carbocycles. The smallest absolute Gasteiger partial charge is 0.221 e. The molecule has 1 amide bonds. The molecular formula is C9H16N4OS. The van der Waals surface area contributed by atoms with E-state index in [4.69, 9.17) is 0 Å². The van der Waals surface area contributed by atoms with Crippen LogP contribution in [-0.4, -0.2) is 28.1 Å². The van der Waals surface area contributed by atoms with Crippen LogP contribution in [0.4, 0.5) is 0 Å². The van der Waals surface area contributed by atoms with Crippen molar-refractivity contribution in [1.82, 2.24) is 20.2 Å². The van der Waals surface area contributed by atoms with Gasteiger partial charge in [0.2, 0.25) is 5.91 Å². The van der Waals surface area contributed by atoms with Crippen LogP contribution in [-0.2, 0) is 11.3 Å². The zero-order valence-electron chi connectivity index (χ0n) is 8.99. The van der Waals surface area contributed by atoms with Crippen molar-refractivity contribution in [2.45, 2.75) is 32.9 Å². The van der Waals surface area contributed by atoms with E-state index in [1.807, 2.05) is 19.2 Å². The van der Waals surface area contributed by atoms with Crippen LogP contribution in [0.15, 0.2) is 5.38 Å². The molecule has 1 aromatic rings. The molecule has 0 saturated carbocycles. The molecule has 0 aliphatic heterocycles. The summed E-state index contributed by atoms with van der Waals surface area (Å²) in [5.41, 5.74) is 0.921. The number of carbonyl (C=O) groups is 1. The van der Waals surface area contributed by atoms with E-state index in [1.165, 1.54) is 11.5 Å². The maximum Gasteiger partial charge on any atom is 0.221 e. The highest BCUT2D eigenvalue weighted by Gasteiger charge is 2.02. The summed E-state index contributed by atoms with van der Waals surface area (Å²) in [5.74, 6) is 0.0777. The number of amides is 1. The van der Waals surface area contributed by atoms with Gasteiger partial charge in [0.15, 0.2) is 0 Å². The quantitative estimate of drug-likeness (QED) is 0.697. The Bertz CT molecular complexity index is 286. The van der Waals surface area contributed by atoms with Gasteiger partial charge in [-0.1, -0.05) is 4.49 Å². The van der Waals surface area contributed by atoms with E-state index in [0.717, 1.165) is 5.69 Å². The van der Waals surface area contributed by atoms with Crippen molar-refractivity contribution in [1.29, 1.82) is 0 Å². The van der Waals surface area contributed by atoms with Gasteiger partial charge >= 0.3 is 0 Å². The van der Waals surface area contributed by atoms with Crippen molar-refractivity contribution in [2.75, 3.05) is 6.54 Å². The maximum atomic E-state index is 11.2. The van der Waals surface area contributed by atoms with Crippen molar-refractivity contribution in [3.05, 3.63) is 11.1 Å². The molecule has 0 aliphatic rings. The van der Waals surface area contributed by atoms with E-state index in [9.17, 15) is 4.79 Å². The molecule has 1 rings (SSSR count). The minimum Gasteiger partial charge on any atom is -0.354 e. The van der Waals surface area contributed by atoms with E-state index < -0.39 is 0 Å². The second kappa shape index (κ2) is 6.47. The monoisotopic (exact) mass is 228 g/mol. The van der Waals surface area contributed by atoms with Gasteiger partial charge in [-0.25, -0.2) is 0 Å². The lowest BCUT2D eigenvalue weighted by molar-refractivity contribution is -0.121. The molecule has 0 atom stereocenters.